The summed E-state index contributed by atoms with van der Waals surface area (Å²) in [5.41, 5.74) is 1.58. The number of aromatic nitrogens is 2. The number of nitrogens with one attached hydrogen (secondary N) is 1. The molecule has 1 aromatic heterocycles. The molecule has 0 bridgehead atoms. The molecule has 0 unspecified atom stereocenters. The van der Waals surface area contributed by atoms with Gasteiger partial charge in [0.2, 0.25) is 11.6 Å². The minimum absolute atomic E-state index is 0.232. The molecule has 2 aromatic carbocycles. The van der Waals surface area contributed by atoms with Crippen LogP contribution in [0.3, 0.4) is 0 Å². The van der Waals surface area contributed by atoms with Crippen molar-refractivity contribution in [3.05, 3.63) is 50.2 Å². The molecule has 0 aliphatic carbocycles. The molecule has 3 aromatic rings. The Bertz CT molecular complexity index is 1170. The Kier molecular flexibility index (Phi) is 5.29. The van der Waals surface area contributed by atoms with Gasteiger partial charge >= 0.3 is 0 Å². The molecule has 0 atom stereocenters. The Labute approximate surface area is 180 Å². The fraction of sp³-hybridized carbons (Fsp3) is 0.238. The van der Waals surface area contributed by atoms with Crippen molar-refractivity contribution >= 4 is 15.9 Å². The van der Waals surface area contributed by atoms with E-state index in [4.69, 9.17) is 23.7 Å². The van der Waals surface area contributed by atoms with E-state index in [1.807, 2.05) is 6.07 Å². The normalized spacial score (nSPS) is 11.8. The molecule has 1 N–H and O–H groups in total. The summed E-state index contributed by atoms with van der Waals surface area (Å²) in [4.78, 5) is 20.2. The number of rotatable bonds is 5. The summed E-state index contributed by atoms with van der Waals surface area (Å²) in [7, 11) is 6.13. The predicted octanol–water partition coefficient (Wildman–Crippen LogP) is 3.93. The van der Waals surface area contributed by atoms with Crippen LogP contribution in [0.15, 0.2) is 33.5 Å². The van der Waals surface area contributed by atoms with Crippen LogP contribution in [0.25, 0.3) is 11.4 Å². The SMILES string of the molecule is COc1cc(Br)cc2c1Oc1nc(-c3cc(OC)c(OC)c(OC)c3)[nH]c(=O)c1C2. The van der Waals surface area contributed by atoms with Gasteiger partial charge in [0.25, 0.3) is 5.56 Å². The topological polar surface area (TPSA) is 91.9 Å². The molecule has 0 amide bonds. The molecule has 0 saturated heterocycles. The fourth-order valence-corrected chi connectivity index (χ4v) is 3.86. The second-order valence-corrected chi connectivity index (χ2v) is 7.40. The van der Waals surface area contributed by atoms with Crippen LogP contribution in [0.1, 0.15) is 11.1 Å². The lowest BCUT2D eigenvalue weighted by atomic mass is 10.0. The third-order valence-corrected chi connectivity index (χ3v) is 5.26. The van der Waals surface area contributed by atoms with Crippen molar-refractivity contribution in [1.29, 1.82) is 0 Å². The molecule has 8 nitrogen and oxygen atoms in total. The quantitative estimate of drug-likeness (QED) is 0.468. The molecule has 0 radical (unpaired) electrons. The van der Waals surface area contributed by atoms with Crippen LogP contribution < -0.4 is 29.2 Å². The van der Waals surface area contributed by atoms with Crippen molar-refractivity contribution in [3.63, 3.8) is 0 Å². The van der Waals surface area contributed by atoms with Gasteiger partial charge in [0, 0.05) is 22.0 Å². The van der Waals surface area contributed by atoms with E-state index >= 15 is 0 Å². The van der Waals surface area contributed by atoms with Gasteiger partial charge in [-0.3, -0.25) is 4.79 Å². The Hall–Kier alpha value is -3.20. The maximum atomic E-state index is 12.8. The van der Waals surface area contributed by atoms with E-state index in [-0.39, 0.29) is 11.4 Å². The summed E-state index contributed by atoms with van der Waals surface area (Å²) in [6, 6.07) is 7.12. The number of halogens is 1. The zero-order valence-electron chi connectivity index (χ0n) is 16.8. The highest BCUT2D eigenvalue weighted by Crippen LogP contribution is 2.44. The first-order chi connectivity index (χ1) is 14.5. The minimum Gasteiger partial charge on any atom is -0.493 e. The maximum Gasteiger partial charge on any atom is 0.258 e. The Morgan fingerprint density at radius 1 is 0.967 bits per heavy atom. The number of H-pyrrole nitrogens is 1. The number of benzene rings is 2. The van der Waals surface area contributed by atoms with Crippen LogP contribution in [-0.4, -0.2) is 38.4 Å². The van der Waals surface area contributed by atoms with Gasteiger partial charge in [-0.25, -0.2) is 0 Å². The maximum absolute atomic E-state index is 12.8. The lowest BCUT2D eigenvalue weighted by Gasteiger charge is -2.21. The molecular weight excluding hydrogens is 456 g/mol. The average Bonchev–Trinajstić information content (AvgIpc) is 2.76. The van der Waals surface area contributed by atoms with Gasteiger partial charge in [-0.1, -0.05) is 15.9 Å². The molecule has 30 heavy (non-hydrogen) atoms. The Morgan fingerprint density at radius 2 is 1.63 bits per heavy atom. The molecule has 0 saturated carbocycles. The Morgan fingerprint density at radius 3 is 2.23 bits per heavy atom. The number of ether oxygens (including phenoxy) is 5. The number of nitrogens with zero attached hydrogens (tertiary/aromatic N) is 1. The van der Waals surface area contributed by atoms with E-state index in [0.29, 0.717) is 52.1 Å². The molecule has 4 rings (SSSR count). The van der Waals surface area contributed by atoms with E-state index in [1.165, 1.54) is 21.3 Å². The number of hydrogen-bond donors (Lipinski definition) is 1. The number of fused-ring (bicyclic) bond motifs is 2. The molecular formula is C21H19BrN2O6. The molecule has 0 spiro atoms. The van der Waals surface area contributed by atoms with Crippen molar-refractivity contribution < 1.29 is 23.7 Å². The van der Waals surface area contributed by atoms with Gasteiger partial charge in [-0.2, -0.15) is 4.98 Å². The lowest BCUT2D eigenvalue weighted by molar-refractivity contribution is 0.324. The van der Waals surface area contributed by atoms with Crippen molar-refractivity contribution in [2.75, 3.05) is 28.4 Å². The molecule has 2 heterocycles. The van der Waals surface area contributed by atoms with Crippen LogP contribution in [0.4, 0.5) is 0 Å². The average molecular weight is 475 g/mol. The summed E-state index contributed by atoms with van der Waals surface area (Å²) in [5.74, 6) is 3.00. The van der Waals surface area contributed by atoms with E-state index in [2.05, 4.69) is 25.9 Å². The summed E-state index contributed by atoms with van der Waals surface area (Å²) in [5, 5.41) is 0. The number of methoxy groups -OCH3 is 4. The van der Waals surface area contributed by atoms with Crippen molar-refractivity contribution in [2.24, 2.45) is 0 Å². The second kappa shape index (κ2) is 7.91. The standard InChI is InChI=1S/C21H19BrN2O6/c1-26-14-7-11(8-15(27-2)18(14)29-4)19-23-20(25)13-6-10-5-12(22)9-16(28-3)17(10)30-21(13)24-19/h5,7-9H,6H2,1-4H3,(H,23,24,25). The van der Waals surface area contributed by atoms with Gasteiger partial charge in [0.1, 0.15) is 5.82 Å². The summed E-state index contributed by atoms with van der Waals surface area (Å²) < 4.78 is 28.4. The largest absolute Gasteiger partial charge is 0.493 e. The predicted molar refractivity (Wildman–Crippen MR) is 114 cm³/mol. The van der Waals surface area contributed by atoms with Gasteiger partial charge in [-0.05, 0) is 24.3 Å². The smallest absolute Gasteiger partial charge is 0.258 e. The van der Waals surface area contributed by atoms with Crippen molar-refractivity contribution in [3.8, 4) is 46.0 Å². The van der Waals surface area contributed by atoms with Crippen LogP contribution in [0.5, 0.6) is 34.6 Å². The minimum atomic E-state index is -0.284. The molecule has 0 fully saturated rings. The molecule has 1 aliphatic heterocycles. The van der Waals surface area contributed by atoms with Crippen LogP contribution in [0.2, 0.25) is 0 Å². The van der Waals surface area contributed by atoms with E-state index in [1.54, 1.807) is 25.3 Å². The molecule has 156 valence electrons. The highest BCUT2D eigenvalue weighted by atomic mass is 79.9. The van der Waals surface area contributed by atoms with E-state index in [0.717, 1.165) is 10.0 Å². The first-order valence-corrected chi connectivity index (χ1v) is 9.76. The second-order valence-electron chi connectivity index (χ2n) is 6.49. The van der Waals surface area contributed by atoms with Crippen molar-refractivity contribution in [2.45, 2.75) is 6.42 Å². The van der Waals surface area contributed by atoms with Crippen LogP contribution in [-0.2, 0) is 6.42 Å². The first kappa shape index (κ1) is 20.1. The van der Waals surface area contributed by atoms with Crippen molar-refractivity contribution in [1.82, 2.24) is 9.97 Å². The third kappa shape index (κ3) is 3.35. The Balaban J connectivity index is 1.84. The van der Waals surface area contributed by atoms with Gasteiger partial charge in [0.15, 0.2) is 23.0 Å². The van der Waals surface area contributed by atoms with Crippen LogP contribution >= 0.6 is 15.9 Å². The van der Waals surface area contributed by atoms with Gasteiger partial charge in [0.05, 0.1) is 34.0 Å². The zero-order valence-corrected chi connectivity index (χ0v) is 18.4. The lowest BCUT2D eigenvalue weighted by Crippen LogP contribution is -2.20. The summed E-state index contributed by atoms with van der Waals surface area (Å²) in [6.45, 7) is 0. The summed E-state index contributed by atoms with van der Waals surface area (Å²) >= 11 is 3.45. The van der Waals surface area contributed by atoms with E-state index < -0.39 is 0 Å². The zero-order chi connectivity index (χ0) is 21.4. The van der Waals surface area contributed by atoms with Crippen LogP contribution in [0, 0.1) is 0 Å². The van der Waals surface area contributed by atoms with Gasteiger partial charge < -0.3 is 28.7 Å². The van der Waals surface area contributed by atoms with E-state index in [9.17, 15) is 4.79 Å². The monoisotopic (exact) mass is 474 g/mol. The third-order valence-electron chi connectivity index (χ3n) is 4.80. The highest BCUT2D eigenvalue weighted by Gasteiger charge is 2.26. The highest BCUT2D eigenvalue weighted by molar-refractivity contribution is 9.10. The first-order valence-electron chi connectivity index (χ1n) is 8.96. The van der Waals surface area contributed by atoms with Gasteiger partial charge in [-0.15, -0.1) is 0 Å². The molecule has 1 aliphatic rings. The fourth-order valence-electron chi connectivity index (χ4n) is 3.38. The number of hydrogen-bond acceptors (Lipinski definition) is 7. The number of aromatic amines is 1. The molecule has 9 heteroatoms. The summed E-state index contributed by atoms with van der Waals surface area (Å²) in [6.07, 6.45) is 0.373.